The van der Waals surface area contributed by atoms with Crippen LogP contribution < -0.4 is 5.32 Å². The van der Waals surface area contributed by atoms with Crippen LogP contribution >= 0.6 is 11.6 Å². The second-order valence-electron chi connectivity index (χ2n) is 4.13. The SMILES string of the molecule is Cn1ncnc1CNC1CCC(Cl)CC1. The molecular formula is C10H17ClN4. The van der Waals surface area contributed by atoms with E-state index in [9.17, 15) is 0 Å². The van der Waals surface area contributed by atoms with Crippen molar-refractivity contribution in [1.29, 1.82) is 0 Å². The molecule has 1 heterocycles. The van der Waals surface area contributed by atoms with Crippen molar-refractivity contribution in [3.05, 3.63) is 12.2 Å². The van der Waals surface area contributed by atoms with Gasteiger partial charge in [0, 0.05) is 18.5 Å². The summed E-state index contributed by atoms with van der Waals surface area (Å²) in [7, 11) is 1.92. The Hall–Kier alpha value is -0.610. The first-order valence-electron chi connectivity index (χ1n) is 5.46. The smallest absolute Gasteiger partial charge is 0.140 e. The van der Waals surface area contributed by atoms with E-state index >= 15 is 0 Å². The van der Waals surface area contributed by atoms with E-state index in [2.05, 4.69) is 15.4 Å². The average Bonchev–Trinajstić information content (AvgIpc) is 2.63. The lowest BCUT2D eigenvalue weighted by atomic mass is 9.95. The van der Waals surface area contributed by atoms with Crippen LogP contribution in [-0.2, 0) is 13.6 Å². The minimum atomic E-state index is 0.387. The molecule has 0 amide bonds. The van der Waals surface area contributed by atoms with Gasteiger partial charge < -0.3 is 5.32 Å². The molecule has 2 rings (SSSR count). The van der Waals surface area contributed by atoms with E-state index in [1.54, 1.807) is 11.0 Å². The van der Waals surface area contributed by atoms with E-state index < -0.39 is 0 Å². The Morgan fingerprint density at radius 3 is 2.80 bits per heavy atom. The third kappa shape index (κ3) is 2.92. The molecule has 1 aliphatic rings. The van der Waals surface area contributed by atoms with Gasteiger partial charge in [-0.3, -0.25) is 4.68 Å². The molecule has 15 heavy (non-hydrogen) atoms. The van der Waals surface area contributed by atoms with Crippen LogP contribution in [0.2, 0.25) is 0 Å². The fraction of sp³-hybridized carbons (Fsp3) is 0.800. The summed E-state index contributed by atoms with van der Waals surface area (Å²) in [6.45, 7) is 0.800. The molecule has 0 radical (unpaired) electrons. The van der Waals surface area contributed by atoms with Gasteiger partial charge in [-0.05, 0) is 25.7 Å². The van der Waals surface area contributed by atoms with Gasteiger partial charge in [0.1, 0.15) is 12.2 Å². The predicted octanol–water partition coefficient (Wildman–Crippen LogP) is 1.45. The summed E-state index contributed by atoms with van der Waals surface area (Å²) < 4.78 is 1.81. The molecule has 0 saturated heterocycles. The largest absolute Gasteiger partial charge is 0.307 e. The summed E-state index contributed by atoms with van der Waals surface area (Å²) in [6.07, 6.45) is 6.18. The predicted molar refractivity (Wildman–Crippen MR) is 59.7 cm³/mol. The van der Waals surface area contributed by atoms with Crippen LogP contribution in [0.5, 0.6) is 0 Å². The standard InChI is InChI=1S/C10H17ClN4/c1-15-10(13-7-14-15)6-12-9-4-2-8(11)3-5-9/h7-9,12H,2-6H2,1H3. The number of hydrogen-bond donors (Lipinski definition) is 1. The van der Waals surface area contributed by atoms with E-state index in [0.29, 0.717) is 11.4 Å². The molecule has 1 aromatic heterocycles. The molecule has 1 fully saturated rings. The first kappa shape index (κ1) is 10.9. The molecule has 1 aromatic rings. The lowest BCUT2D eigenvalue weighted by Crippen LogP contribution is -2.33. The molecule has 0 aromatic carbocycles. The number of nitrogens with zero attached hydrogens (tertiary/aromatic N) is 3. The molecule has 0 unspecified atom stereocenters. The van der Waals surface area contributed by atoms with E-state index in [1.165, 1.54) is 12.8 Å². The van der Waals surface area contributed by atoms with Crippen molar-refractivity contribution in [2.45, 2.75) is 43.6 Å². The molecule has 0 atom stereocenters. The van der Waals surface area contributed by atoms with Gasteiger partial charge in [0.25, 0.3) is 0 Å². The molecule has 0 spiro atoms. The Balaban J connectivity index is 1.77. The van der Waals surface area contributed by atoms with Crippen molar-refractivity contribution in [3.63, 3.8) is 0 Å². The maximum Gasteiger partial charge on any atom is 0.140 e. The van der Waals surface area contributed by atoms with Crippen LogP contribution in [0.15, 0.2) is 6.33 Å². The van der Waals surface area contributed by atoms with Gasteiger partial charge in [0.2, 0.25) is 0 Å². The summed E-state index contributed by atoms with van der Waals surface area (Å²) in [5, 5.41) is 7.93. The zero-order chi connectivity index (χ0) is 10.7. The summed E-state index contributed by atoms with van der Waals surface area (Å²) in [5.41, 5.74) is 0. The number of aryl methyl sites for hydroxylation is 1. The lowest BCUT2D eigenvalue weighted by Gasteiger charge is -2.25. The van der Waals surface area contributed by atoms with Gasteiger partial charge >= 0.3 is 0 Å². The van der Waals surface area contributed by atoms with Crippen molar-refractivity contribution >= 4 is 11.6 Å². The van der Waals surface area contributed by atoms with E-state index in [1.807, 2.05) is 7.05 Å². The molecule has 4 nitrogen and oxygen atoms in total. The summed E-state index contributed by atoms with van der Waals surface area (Å²) in [5.74, 6) is 0.989. The third-order valence-corrected chi connectivity index (χ3v) is 3.45. The number of halogens is 1. The number of alkyl halides is 1. The molecule has 1 N–H and O–H groups in total. The number of hydrogen-bond acceptors (Lipinski definition) is 3. The first-order valence-corrected chi connectivity index (χ1v) is 5.89. The minimum Gasteiger partial charge on any atom is -0.307 e. The number of nitrogens with one attached hydrogen (secondary N) is 1. The van der Waals surface area contributed by atoms with Gasteiger partial charge in [0.05, 0.1) is 6.54 Å². The number of aromatic nitrogens is 3. The topological polar surface area (TPSA) is 42.7 Å². The monoisotopic (exact) mass is 228 g/mol. The second kappa shape index (κ2) is 4.94. The maximum atomic E-state index is 6.05. The quantitative estimate of drug-likeness (QED) is 0.797. The van der Waals surface area contributed by atoms with Crippen LogP contribution in [-0.4, -0.2) is 26.2 Å². The van der Waals surface area contributed by atoms with Gasteiger partial charge in [0.15, 0.2) is 0 Å². The second-order valence-corrected chi connectivity index (χ2v) is 4.75. The van der Waals surface area contributed by atoms with E-state index in [-0.39, 0.29) is 0 Å². The van der Waals surface area contributed by atoms with Crippen LogP contribution in [0, 0.1) is 0 Å². The molecule has 1 saturated carbocycles. The first-order chi connectivity index (χ1) is 7.25. The van der Waals surface area contributed by atoms with Gasteiger partial charge in [-0.1, -0.05) is 0 Å². The number of rotatable bonds is 3. The fourth-order valence-electron chi connectivity index (χ4n) is 1.97. The molecule has 84 valence electrons. The summed E-state index contributed by atoms with van der Waals surface area (Å²) in [4.78, 5) is 4.18. The zero-order valence-electron chi connectivity index (χ0n) is 8.99. The third-order valence-electron chi connectivity index (χ3n) is 3.01. The highest BCUT2D eigenvalue weighted by Gasteiger charge is 2.19. The minimum absolute atomic E-state index is 0.387. The summed E-state index contributed by atoms with van der Waals surface area (Å²) >= 11 is 6.05. The highest BCUT2D eigenvalue weighted by atomic mass is 35.5. The van der Waals surface area contributed by atoms with Crippen molar-refractivity contribution in [3.8, 4) is 0 Å². The van der Waals surface area contributed by atoms with Gasteiger partial charge in [-0.15, -0.1) is 11.6 Å². The Labute approximate surface area is 95.0 Å². The van der Waals surface area contributed by atoms with Gasteiger partial charge in [-0.2, -0.15) is 5.10 Å². The zero-order valence-corrected chi connectivity index (χ0v) is 9.74. The van der Waals surface area contributed by atoms with E-state index in [4.69, 9.17) is 11.6 Å². The van der Waals surface area contributed by atoms with Crippen molar-refractivity contribution in [2.75, 3.05) is 0 Å². The van der Waals surface area contributed by atoms with E-state index in [0.717, 1.165) is 25.2 Å². The Morgan fingerprint density at radius 1 is 1.47 bits per heavy atom. The average molecular weight is 229 g/mol. The van der Waals surface area contributed by atoms with Crippen molar-refractivity contribution < 1.29 is 0 Å². The molecular weight excluding hydrogens is 212 g/mol. The highest BCUT2D eigenvalue weighted by Crippen LogP contribution is 2.22. The maximum absolute atomic E-state index is 6.05. The normalized spacial score (nSPS) is 26.8. The lowest BCUT2D eigenvalue weighted by molar-refractivity contribution is 0.370. The fourth-order valence-corrected chi connectivity index (χ4v) is 2.22. The highest BCUT2D eigenvalue weighted by molar-refractivity contribution is 6.20. The van der Waals surface area contributed by atoms with Crippen LogP contribution in [0.4, 0.5) is 0 Å². The van der Waals surface area contributed by atoms with Gasteiger partial charge in [-0.25, -0.2) is 4.98 Å². The van der Waals surface area contributed by atoms with Crippen molar-refractivity contribution in [1.82, 2.24) is 20.1 Å². The molecule has 1 aliphatic carbocycles. The summed E-state index contributed by atoms with van der Waals surface area (Å²) in [6, 6.07) is 0.594. The molecule has 0 bridgehead atoms. The van der Waals surface area contributed by atoms with Crippen LogP contribution in [0.3, 0.4) is 0 Å². The van der Waals surface area contributed by atoms with Crippen molar-refractivity contribution in [2.24, 2.45) is 7.05 Å². The molecule has 0 aliphatic heterocycles. The Kier molecular flexibility index (Phi) is 3.59. The van der Waals surface area contributed by atoms with Crippen LogP contribution in [0.1, 0.15) is 31.5 Å². The van der Waals surface area contributed by atoms with Crippen LogP contribution in [0.25, 0.3) is 0 Å². The Morgan fingerprint density at radius 2 is 2.20 bits per heavy atom. The Bertz CT molecular complexity index is 304. The molecule has 5 heteroatoms.